The Morgan fingerprint density at radius 3 is 2.42 bits per heavy atom. The Hall–Kier alpha value is -1.59. The SMILES string of the molecule is CC(C)(C)OC(=O)N1CCCC[C@@H]1C(=O)CC(=O)O. The van der Waals surface area contributed by atoms with Crippen LogP contribution in [0.1, 0.15) is 46.5 Å². The summed E-state index contributed by atoms with van der Waals surface area (Å²) in [5, 5.41) is 8.67. The molecule has 0 saturated carbocycles. The van der Waals surface area contributed by atoms with Crippen LogP contribution in [-0.4, -0.2) is 46.0 Å². The Labute approximate surface area is 112 Å². The predicted molar refractivity (Wildman–Crippen MR) is 67.8 cm³/mol. The van der Waals surface area contributed by atoms with E-state index in [-0.39, 0.29) is 0 Å². The molecule has 1 rings (SSSR count). The Bertz CT molecular complexity index is 372. The quantitative estimate of drug-likeness (QED) is 0.791. The number of likely N-dealkylation sites (tertiary alicyclic amines) is 1. The van der Waals surface area contributed by atoms with Crippen molar-refractivity contribution in [1.82, 2.24) is 4.90 Å². The van der Waals surface area contributed by atoms with E-state index in [9.17, 15) is 14.4 Å². The first-order valence-electron chi connectivity index (χ1n) is 6.45. The van der Waals surface area contributed by atoms with Crippen molar-refractivity contribution in [3.05, 3.63) is 0 Å². The first kappa shape index (κ1) is 15.5. The molecule has 1 amide bonds. The minimum absolute atomic E-state index is 0.432. The zero-order valence-corrected chi connectivity index (χ0v) is 11.6. The van der Waals surface area contributed by atoms with Crippen molar-refractivity contribution in [1.29, 1.82) is 0 Å². The molecule has 0 unspecified atom stereocenters. The Morgan fingerprint density at radius 1 is 1.26 bits per heavy atom. The normalized spacial score (nSPS) is 19.9. The van der Waals surface area contributed by atoms with E-state index in [0.29, 0.717) is 13.0 Å². The van der Waals surface area contributed by atoms with Crippen molar-refractivity contribution >= 4 is 17.8 Å². The predicted octanol–water partition coefficient (Wildman–Crippen LogP) is 1.82. The molecular weight excluding hydrogens is 250 g/mol. The van der Waals surface area contributed by atoms with Crippen LogP contribution in [-0.2, 0) is 14.3 Å². The molecule has 1 N–H and O–H groups in total. The average molecular weight is 271 g/mol. The molecule has 1 heterocycles. The second kappa shape index (κ2) is 6.04. The fourth-order valence-corrected chi connectivity index (χ4v) is 2.07. The number of ketones is 1. The van der Waals surface area contributed by atoms with Crippen LogP contribution in [0.15, 0.2) is 0 Å². The molecule has 0 radical (unpaired) electrons. The monoisotopic (exact) mass is 271 g/mol. The first-order valence-corrected chi connectivity index (χ1v) is 6.45. The number of carbonyl (C=O) groups is 3. The van der Waals surface area contributed by atoms with E-state index >= 15 is 0 Å². The van der Waals surface area contributed by atoms with Crippen LogP contribution in [0.2, 0.25) is 0 Å². The maximum Gasteiger partial charge on any atom is 0.410 e. The number of carboxylic acids is 1. The number of hydrogen-bond acceptors (Lipinski definition) is 4. The van der Waals surface area contributed by atoms with Crippen LogP contribution in [0.25, 0.3) is 0 Å². The van der Waals surface area contributed by atoms with Gasteiger partial charge in [0.05, 0.1) is 6.04 Å². The van der Waals surface area contributed by atoms with Crippen LogP contribution >= 0.6 is 0 Å². The minimum Gasteiger partial charge on any atom is -0.481 e. The van der Waals surface area contributed by atoms with E-state index in [1.54, 1.807) is 20.8 Å². The molecule has 1 fully saturated rings. The molecule has 0 aliphatic carbocycles. The van der Waals surface area contributed by atoms with Crippen molar-refractivity contribution in [2.24, 2.45) is 0 Å². The Balaban J connectivity index is 2.74. The first-order chi connectivity index (χ1) is 8.70. The largest absolute Gasteiger partial charge is 0.481 e. The molecule has 1 saturated heterocycles. The van der Waals surface area contributed by atoms with E-state index in [2.05, 4.69) is 0 Å². The van der Waals surface area contributed by atoms with Gasteiger partial charge in [-0.3, -0.25) is 14.5 Å². The maximum atomic E-state index is 12.0. The standard InChI is InChI=1S/C13H21NO5/c1-13(2,3)19-12(18)14-7-5-4-6-9(14)10(15)8-11(16)17/h9H,4-8H2,1-3H3,(H,16,17)/t9-/m1/s1. The highest BCUT2D eigenvalue weighted by atomic mass is 16.6. The van der Waals surface area contributed by atoms with Crippen molar-refractivity contribution in [2.75, 3.05) is 6.54 Å². The molecule has 6 nitrogen and oxygen atoms in total. The number of aliphatic carboxylic acids is 1. The Morgan fingerprint density at radius 2 is 1.89 bits per heavy atom. The molecule has 0 spiro atoms. The van der Waals surface area contributed by atoms with Crippen LogP contribution in [0, 0.1) is 0 Å². The van der Waals surface area contributed by atoms with Crippen LogP contribution in [0.3, 0.4) is 0 Å². The lowest BCUT2D eigenvalue weighted by atomic mass is 9.97. The van der Waals surface area contributed by atoms with Gasteiger partial charge < -0.3 is 9.84 Å². The zero-order valence-electron chi connectivity index (χ0n) is 11.6. The summed E-state index contributed by atoms with van der Waals surface area (Å²) in [7, 11) is 0. The molecule has 1 aliphatic heterocycles. The Kier molecular flexibility index (Phi) is 4.91. The van der Waals surface area contributed by atoms with E-state index in [0.717, 1.165) is 12.8 Å². The lowest BCUT2D eigenvalue weighted by Crippen LogP contribution is -2.50. The lowest BCUT2D eigenvalue weighted by Gasteiger charge is -2.35. The van der Waals surface area contributed by atoms with Gasteiger partial charge >= 0.3 is 12.1 Å². The van der Waals surface area contributed by atoms with Gasteiger partial charge in [0.2, 0.25) is 0 Å². The van der Waals surface area contributed by atoms with Crippen molar-refractivity contribution < 1.29 is 24.2 Å². The van der Waals surface area contributed by atoms with Gasteiger partial charge in [-0.25, -0.2) is 4.79 Å². The second-order valence-electron chi connectivity index (χ2n) is 5.72. The molecule has 0 bridgehead atoms. The maximum absolute atomic E-state index is 12.0. The third kappa shape index (κ3) is 4.89. The van der Waals surface area contributed by atoms with Crippen LogP contribution < -0.4 is 0 Å². The van der Waals surface area contributed by atoms with E-state index in [4.69, 9.17) is 9.84 Å². The molecule has 19 heavy (non-hydrogen) atoms. The number of hydrogen-bond donors (Lipinski definition) is 1. The highest BCUT2D eigenvalue weighted by Crippen LogP contribution is 2.21. The summed E-state index contributed by atoms with van der Waals surface area (Å²) in [5.41, 5.74) is -0.630. The molecule has 0 aromatic rings. The highest BCUT2D eigenvalue weighted by Gasteiger charge is 2.35. The number of rotatable bonds is 3. The van der Waals surface area contributed by atoms with Crippen LogP contribution in [0.4, 0.5) is 4.79 Å². The molecule has 6 heteroatoms. The summed E-state index contributed by atoms with van der Waals surface area (Å²) in [6, 6.07) is -0.667. The second-order valence-corrected chi connectivity index (χ2v) is 5.72. The average Bonchev–Trinajstić information content (AvgIpc) is 2.25. The van der Waals surface area contributed by atoms with Gasteiger partial charge in [-0.2, -0.15) is 0 Å². The summed E-state index contributed by atoms with van der Waals surface area (Å²) in [5.74, 6) is -1.60. The van der Waals surface area contributed by atoms with Crippen LogP contribution in [0.5, 0.6) is 0 Å². The van der Waals surface area contributed by atoms with E-state index in [1.165, 1.54) is 4.90 Å². The number of ether oxygens (including phenoxy) is 1. The van der Waals surface area contributed by atoms with E-state index in [1.807, 2.05) is 0 Å². The van der Waals surface area contributed by atoms with Gasteiger partial charge in [0.1, 0.15) is 12.0 Å². The number of nitrogens with zero attached hydrogens (tertiary/aromatic N) is 1. The zero-order chi connectivity index (χ0) is 14.6. The number of carbonyl (C=O) groups excluding carboxylic acids is 2. The summed E-state index contributed by atoms with van der Waals surface area (Å²) >= 11 is 0. The molecule has 1 atom stereocenters. The summed E-state index contributed by atoms with van der Waals surface area (Å²) in [4.78, 5) is 35.8. The van der Waals surface area contributed by atoms with Gasteiger partial charge in [-0.1, -0.05) is 0 Å². The molecule has 0 aromatic carbocycles. The smallest absolute Gasteiger partial charge is 0.410 e. The topological polar surface area (TPSA) is 83.9 Å². The molecular formula is C13H21NO5. The fourth-order valence-electron chi connectivity index (χ4n) is 2.07. The molecule has 1 aliphatic rings. The number of Topliss-reactive ketones (excluding diaryl/α,β-unsaturated/α-hetero) is 1. The van der Waals surface area contributed by atoms with Gasteiger partial charge in [0.15, 0.2) is 5.78 Å². The summed E-state index contributed by atoms with van der Waals surface area (Å²) < 4.78 is 5.25. The summed E-state index contributed by atoms with van der Waals surface area (Å²) in [6.07, 6.45) is 1.02. The highest BCUT2D eigenvalue weighted by molar-refractivity contribution is 5.99. The molecule has 0 aromatic heterocycles. The third-order valence-corrected chi connectivity index (χ3v) is 2.83. The van der Waals surface area contributed by atoms with Gasteiger partial charge in [-0.15, -0.1) is 0 Å². The molecule has 108 valence electrons. The van der Waals surface area contributed by atoms with Crippen molar-refractivity contribution in [2.45, 2.75) is 58.1 Å². The fraction of sp³-hybridized carbons (Fsp3) is 0.769. The van der Waals surface area contributed by atoms with Gasteiger partial charge in [0.25, 0.3) is 0 Å². The number of carboxylic acid groups (broad SMARTS) is 1. The number of amides is 1. The lowest BCUT2D eigenvalue weighted by molar-refractivity contribution is -0.142. The van der Waals surface area contributed by atoms with E-state index < -0.39 is 35.9 Å². The van der Waals surface area contributed by atoms with Gasteiger partial charge in [-0.05, 0) is 40.0 Å². The number of piperidine rings is 1. The van der Waals surface area contributed by atoms with Crippen molar-refractivity contribution in [3.8, 4) is 0 Å². The summed E-state index contributed by atoms with van der Waals surface area (Å²) in [6.45, 7) is 5.69. The van der Waals surface area contributed by atoms with Crippen molar-refractivity contribution in [3.63, 3.8) is 0 Å². The van der Waals surface area contributed by atoms with Gasteiger partial charge in [0, 0.05) is 6.54 Å². The third-order valence-electron chi connectivity index (χ3n) is 2.83. The minimum atomic E-state index is -1.17.